The molecule has 0 spiro atoms. The zero-order valence-electron chi connectivity index (χ0n) is 19.2. The van der Waals surface area contributed by atoms with Crippen molar-refractivity contribution in [1.29, 1.82) is 0 Å². The number of methoxy groups -OCH3 is 1. The highest BCUT2D eigenvalue weighted by Crippen LogP contribution is 2.30. The van der Waals surface area contributed by atoms with E-state index in [1.165, 1.54) is 44.8 Å². The molecule has 2 heterocycles. The van der Waals surface area contributed by atoms with E-state index in [2.05, 4.69) is 24.5 Å². The summed E-state index contributed by atoms with van der Waals surface area (Å²) in [5.74, 6) is 1.93. The van der Waals surface area contributed by atoms with Crippen LogP contribution in [0.15, 0.2) is 53.9 Å². The minimum absolute atomic E-state index is 0.311. The van der Waals surface area contributed by atoms with Crippen LogP contribution in [-0.2, 0) is 0 Å². The van der Waals surface area contributed by atoms with Crippen LogP contribution in [0.5, 0.6) is 5.75 Å². The summed E-state index contributed by atoms with van der Waals surface area (Å²) in [6.45, 7) is 9.75. The molecule has 2 aliphatic rings. The number of aliphatic imine (C=N–C) groups is 1. The normalized spacial score (nSPS) is 19.4. The van der Waals surface area contributed by atoms with Gasteiger partial charge in [-0.15, -0.1) is 0 Å². The molecule has 1 saturated heterocycles. The van der Waals surface area contributed by atoms with Gasteiger partial charge in [0.25, 0.3) is 0 Å². The van der Waals surface area contributed by atoms with Gasteiger partial charge in [-0.1, -0.05) is 32.4 Å². The van der Waals surface area contributed by atoms with Crippen LogP contribution in [0.4, 0.5) is 4.39 Å². The van der Waals surface area contributed by atoms with E-state index in [1.807, 2.05) is 18.1 Å². The fraction of sp³-hybridized carbons (Fsp3) is 0.500. The van der Waals surface area contributed by atoms with Gasteiger partial charge >= 0.3 is 0 Å². The minimum atomic E-state index is -0.311. The average molecular weight is 426 g/mol. The average Bonchev–Trinajstić information content (AvgIpc) is 2.78. The van der Waals surface area contributed by atoms with Crippen molar-refractivity contribution in [3.8, 4) is 5.75 Å². The van der Waals surface area contributed by atoms with Crippen LogP contribution in [0.3, 0.4) is 0 Å². The summed E-state index contributed by atoms with van der Waals surface area (Å²) >= 11 is 0. The largest absolute Gasteiger partial charge is 0.497 e. The third-order valence-corrected chi connectivity index (χ3v) is 6.29. The Bertz CT molecular complexity index is 850. The summed E-state index contributed by atoms with van der Waals surface area (Å²) in [5.41, 5.74) is 2.14. The molecule has 0 aliphatic carbocycles. The summed E-state index contributed by atoms with van der Waals surface area (Å²) in [6, 6.07) is 4.74. The van der Waals surface area contributed by atoms with Crippen LogP contribution >= 0.6 is 0 Å². The van der Waals surface area contributed by atoms with Gasteiger partial charge in [-0.25, -0.2) is 9.38 Å². The molecule has 1 fully saturated rings. The van der Waals surface area contributed by atoms with Crippen LogP contribution in [0.25, 0.3) is 5.57 Å². The van der Waals surface area contributed by atoms with Gasteiger partial charge < -0.3 is 14.5 Å². The molecule has 0 N–H and O–H groups in total. The smallest absolute Gasteiger partial charge is 0.140 e. The lowest BCUT2D eigenvalue weighted by molar-refractivity contribution is 0.178. The number of ether oxygens (including phenoxy) is 1. The highest BCUT2D eigenvalue weighted by atomic mass is 19.1. The van der Waals surface area contributed by atoms with Crippen LogP contribution in [0, 0.1) is 11.7 Å². The van der Waals surface area contributed by atoms with Crippen molar-refractivity contribution in [2.45, 2.75) is 45.4 Å². The third-order valence-electron chi connectivity index (χ3n) is 6.29. The molecule has 168 valence electrons. The first-order chi connectivity index (χ1) is 15.0. The predicted molar refractivity (Wildman–Crippen MR) is 128 cm³/mol. The highest BCUT2D eigenvalue weighted by Gasteiger charge is 2.19. The molecule has 0 aromatic heterocycles. The van der Waals surface area contributed by atoms with E-state index < -0.39 is 0 Å². The van der Waals surface area contributed by atoms with E-state index in [0.717, 1.165) is 31.0 Å². The molecule has 31 heavy (non-hydrogen) atoms. The molecule has 0 radical (unpaired) electrons. The molecule has 0 bridgehead atoms. The second-order valence-electron chi connectivity index (χ2n) is 8.49. The van der Waals surface area contributed by atoms with Gasteiger partial charge in [0.15, 0.2) is 0 Å². The topological polar surface area (TPSA) is 28.1 Å². The molecule has 2 aliphatic heterocycles. The van der Waals surface area contributed by atoms with Crippen LogP contribution in [-0.4, -0.2) is 49.3 Å². The van der Waals surface area contributed by atoms with Gasteiger partial charge in [-0.2, -0.15) is 0 Å². The van der Waals surface area contributed by atoms with Gasteiger partial charge in [-0.05, 0) is 75.5 Å². The molecular weight excluding hydrogens is 389 g/mol. The maximum atomic E-state index is 14.6. The van der Waals surface area contributed by atoms with Crippen LogP contribution in [0.1, 0.15) is 51.0 Å². The Labute approximate surface area is 186 Å². The highest BCUT2D eigenvalue weighted by molar-refractivity contribution is 5.97. The molecule has 1 aromatic rings. The fourth-order valence-electron chi connectivity index (χ4n) is 4.46. The van der Waals surface area contributed by atoms with Crippen molar-refractivity contribution in [1.82, 2.24) is 9.80 Å². The number of likely N-dealkylation sites (tertiary alicyclic amines) is 1. The molecule has 5 heteroatoms. The van der Waals surface area contributed by atoms with Gasteiger partial charge in [0, 0.05) is 30.1 Å². The number of rotatable bonds is 9. The van der Waals surface area contributed by atoms with Crippen molar-refractivity contribution in [2.24, 2.45) is 10.9 Å². The summed E-state index contributed by atoms with van der Waals surface area (Å²) in [5, 5.41) is 0. The molecule has 3 rings (SSSR count). The van der Waals surface area contributed by atoms with Crippen LogP contribution in [0.2, 0.25) is 0 Å². The summed E-state index contributed by atoms with van der Waals surface area (Å²) in [6.07, 6.45) is 13.1. The number of nitrogens with zero attached hydrogens (tertiary/aromatic N) is 3. The Morgan fingerprint density at radius 2 is 2.10 bits per heavy atom. The van der Waals surface area contributed by atoms with Crippen molar-refractivity contribution < 1.29 is 9.13 Å². The maximum absolute atomic E-state index is 14.6. The van der Waals surface area contributed by atoms with E-state index in [1.54, 1.807) is 25.3 Å². The molecule has 0 atom stereocenters. The first-order valence-electron chi connectivity index (χ1n) is 11.5. The second kappa shape index (κ2) is 11.3. The van der Waals surface area contributed by atoms with Gasteiger partial charge in [0.05, 0.1) is 7.11 Å². The fourth-order valence-corrected chi connectivity index (χ4v) is 4.46. The zero-order valence-corrected chi connectivity index (χ0v) is 19.2. The molecule has 0 saturated carbocycles. The van der Waals surface area contributed by atoms with Gasteiger partial charge in [-0.3, -0.25) is 0 Å². The Balaban J connectivity index is 1.68. The third kappa shape index (κ3) is 6.07. The summed E-state index contributed by atoms with van der Waals surface area (Å²) < 4.78 is 19.9. The second-order valence-corrected chi connectivity index (χ2v) is 8.49. The number of allylic oxidation sites excluding steroid dienone is 3. The minimum Gasteiger partial charge on any atom is -0.497 e. The lowest BCUT2D eigenvalue weighted by Gasteiger charge is -2.32. The Morgan fingerprint density at radius 1 is 1.32 bits per heavy atom. The number of hydrogen-bond donors (Lipinski definition) is 0. The Kier molecular flexibility index (Phi) is 8.47. The molecule has 0 amide bonds. The molecular formula is C26H36FN3O. The summed E-state index contributed by atoms with van der Waals surface area (Å²) in [4.78, 5) is 9.37. The number of benzene rings is 1. The van der Waals surface area contributed by atoms with Crippen LogP contribution < -0.4 is 4.74 Å². The van der Waals surface area contributed by atoms with E-state index in [0.29, 0.717) is 22.7 Å². The first-order valence-corrected chi connectivity index (χ1v) is 11.5. The lowest BCUT2D eigenvalue weighted by Crippen LogP contribution is -2.34. The van der Waals surface area contributed by atoms with Crippen molar-refractivity contribution >= 4 is 11.3 Å². The van der Waals surface area contributed by atoms with E-state index in [9.17, 15) is 4.39 Å². The van der Waals surface area contributed by atoms with E-state index >= 15 is 0 Å². The van der Waals surface area contributed by atoms with E-state index in [-0.39, 0.29) is 5.82 Å². The van der Waals surface area contributed by atoms with Crippen molar-refractivity contribution in [3.05, 3.63) is 60.3 Å². The summed E-state index contributed by atoms with van der Waals surface area (Å²) in [7, 11) is 3.50. The monoisotopic (exact) mass is 425 g/mol. The molecule has 4 nitrogen and oxygen atoms in total. The number of piperidine rings is 1. The SMILES string of the molecule is C=C/C(=C1/N=C(CCCN2CCC(CCC)CC2)C=CN1C)c1cc(OC)ccc1F. The van der Waals surface area contributed by atoms with Gasteiger partial charge in [0.2, 0.25) is 0 Å². The Hall–Kier alpha value is -2.40. The first kappa shape index (κ1) is 23.3. The Morgan fingerprint density at radius 3 is 2.77 bits per heavy atom. The van der Waals surface area contributed by atoms with Crippen molar-refractivity contribution in [3.63, 3.8) is 0 Å². The zero-order chi connectivity index (χ0) is 22.2. The maximum Gasteiger partial charge on any atom is 0.140 e. The molecule has 1 aromatic carbocycles. The number of halogens is 1. The molecule has 0 unspecified atom stereocenters. The quantitative estimate of drug-likeness (QED) is 0.494. The lowest BCUT2D eigenvalue weighted by atomic mass is 9.92. The van der Waals surface area contributed by atoms with Crippen molar-refractivity contribution in [2.75, 3.05) is 33.8 Å². The van der Waals surface area contributed by atoms with Gasteiger partial charge in [0.1, 0.15) is 17.4 Å². The number of hydrogen-bond acceptors (Lipinski definition) is 4. The predicted octanol–water partition coefficient (Wildman–Crippen LogP) is 5.88. The van der Waals surface area contributed by atoms with E-state index in [4.69, 9.17) is 9.73 Å². The standard InChI is InChI=1S/C26H36FN3O/c1-5-8-20-12-17-30(18-13-20)15-7-9-21-14-16-29(3)26(28-21)23(6-2)24-19-22(31-4)10-11-25(24)27/h6,10-11,14,16,19-20H,2,5,7-9,12-13,15,17-18H2,1,3-4H3/b26-23+.